The van der Waals surface area contributed by atoms with E-state index in [9.17, 15) is 4.79 Å². The average Bonchev–Trinajstić information content (AvgIpc) is 2.51. The predicted molar refractivity (Wildman–Crippen MR) is 80.0 cm³/mol. The van der Waals surface area contributed by atoms with E-state index in [2.05, 4.69) is 17.1 Å². The van der Waals surface area contributed by atoms with Crippen molar-refractivity contribution in [3.05, 3.63) is 46.2 Å². The van der Waals surface area contributed by atoms with E-state index >= 15 is 0 Å². The molecule has 1 heterocycles. The minimum atomic E-state index is -0.320. The van der Waals surface area contributed by atoms with Crippen molar-refractivity contribution in [1.82, 2.24) is 10.2 Å². The van der Waals surface area contributed by atoms with Gasteiger partial charge in [0.15, 0.2) is 0 Å². The van der Waals surface area contributed by atoms with Crippen LogP contribution in [0.1, 0.15) is 25.3 Å². The number of aromatic amines is 1. The number of nitrogens with one attached hydrogen (secondary N) is 1. The number of hydrogen-bond acceptors (Lipinski definition) is 4. The highest BCUT2D eigenvalue weighted by molar-refractivity contribution is 5.60. The van der Waals surface area contributed by atoms with E-state index in [1.165, 1.54) is 0 Å². The molecule has 0 spiro atoms. The summed E-state index contributed by atoms with van der Waals surface area (Å²) in [5.41, 5.74) is 1.61. The van der Waals surface area contributed by atoms with Crippen LogP contribution in [0.3, 0.4) is 0 Å². The molecule has 0 aliphatic carbocycles. The van der Waals surface area contributed by atoms with Gasteiger partial charge in [0, 0.05) is 11.1 Å². The Morgan fingerprint density at radius 1 is 1.33 bits per heavy atom. The molecule has 108 valence electrons. The highest BCUT2D eigenvalue weighted by Gasteiger charge is 2.05. The summed E-state index contributed by atoms with van der Waals surface area (Å²) >= 11 is 0. The molecule has 0 saturated heterocycles. The SMILES string of the molecule is CCCCOc1ccc(-c2cc(CC#N)c(=O)[nH]n2)cc1. The molecule has 5 heteroatoms. The predicted octanol–water partition coefficient (Wildman–Crippen LogP) is 2.68. The maximum atomic E-state index is 11.5. The van der Waals surface area contributed by atoms with Crippen LogP contribution in [-0.2, 0) is 6.42 Å². The van der Waals surface area contributed by atoms with Gasteiger partial charge in [-0.15, -0.1) is 0 Å². The van der Waals surface area contributed by atoms with Crippen molar-refractivity contribution in [1.29, 1.82) is 5.26 Å². The summed E-state index contributed by atoms with van der Waals surface area (Å²) < 4.78 is 5.60. The van der Waals surface area contributed by atoms with Crippen LogP contribution < -0.4 is 10.3 Å². The molecule has 21 heavy (non-hydrogen) atoms. The molecule has 0 aliphatic rings. The van der Waals surface area contributed by atoms with Gasteiger partial charge in [-0.3, -0.25) is 4.79 Å². The van der Waals surface area contributed by atoms with Crippen molar-refractivity contribution < 1.29 is 4.74 Å². The summed E-state index contributed by atoms with van der Waals surface area (Å²) in [7, 11) is 0. The molecule has 0 fully saturated rings. The molecule has 5 nitrogen and oxygen atoms in total. The number of rotatable bonds is 6. The Kier molecular flexibility index (Phi) is 5.10. The largest absolute Gasteiger partial charge is 0.494 e. The normalized spacial score (nSPS) is 10.1. The zero-order chi connectivity index (χ0) is 15.1. The van der Waals surface area contributed by atoms with E-state index in [4.69, 9.17) is 10.00 Å². The van der Waals surface area contributed by atoms with Crippen LogP contribution >= 0.6 is 0 Å². The number of H-pyrrole nitrogens is 1. The van der Waals surface area contributed by atoms with Crippen LogP contribution in [0.5, 0.6) is 5.75 Å². The third-order valence-corrected chi connectivity index (χ3v) is 3.07. The molecule has 0 saturated carbocycles. The molecule has 1 aromatic heterocycles. The topological polar surface area (TPSA) is 78.8 Å². The Bertz CT molecular complexity index is 684. The zero-order valence-electron chi connectivity index (χ0n) is 11.9. The van der Waals surface area contributed by atoms with Gasteiger partial charge < -0.3 is 4.74 Å². The third kappa shape index (κ3) is 3.93. The van der Waals surface area contributed by atoms with Gasteiger partial charge in [-0.25, -0.2) is 5.10 Å². The van der Waals surface area contributed by atoms with Gasteiger partial charge in [0.05, 0.1) is 24.8 Å². The number of nitriles is 1. The van der Waals surface area contributed by atoms with Crippen molar-refractivity contribution >= 4 is 0 Å². The van der Waals surface area contributed by atoms with Crippen molar-refractivity contribution in [2.24, 2.45) is 0 Å². The van der Waals surface area contributed by atoms with Crippen LogP contribution in [0.2, 0.25) is 0 Å². The first kappa shape index (κ1) is 14.8. The van der Waals surface area contributed by atoms with E-state index in [0.29, 0.717) is 17.9 Å². The van der Waals surface area contributed by atoms with E-state index in [-0.39, 0.29) is 12.0 Å². The van der Waals surface area contributed by atoms with Gasteiger partial charge in [-0.05, 0) is 36.8 Å². The monoisotopic (exact) mass is 283 g/mol. The van der Waals surface area contributed by atoms with Crippen molar-refractivity contribution in [3.63, 3.8) is 0 Å². The van der Waals surface area contributed by atoms with Crippen LogP contribution in [0.4, 0.5) is 0 Å². The smallest absolute Gasteiger partial charge is 0.268 e. The van der Waals surface area contributed by atoms with Crippen molar-refractivity contribution in [2.75, 3.05) is 6.61 Å². The molecular weight excluding hydrogens is 266 g/mol. The number of aromatic nitrogens is 2. The lowest BCUT2D eigenvalue weighted by atomic mass is 10.1. The first-order valence-electron chi connectivity index (χ1n) is 6.93. The van der Waals surface area contributed by atoms with E-state index in [0.717, 1.165) is 24.2 Å². The molecule has 1 N–H and O–H groups in total. The first-order valence-corrected chi connectivity index (χ1v) is 6.93. The Balaban J connectivity index is 2.17. The lowest BCUT2D eigenvalue weighted by molar-refractivity contribution is 0.309. The Labute approximate surface area is 123 Å². The quantitative estimate of drug-likeness (QED) is 0.827. The first-order chi connectivity index (χ1) is 10.2. The summed E-state index contributed by atoms with van der Waals surface area (Å²) in [4.78, 5) is 11.5. The summed E-state index contributed by atoms with van der Waals surface area (Å²) in [5.74, 6) is 0.814. The second-order valence-electron chi connectivity index (χ2n) is 4.67. The number of nitrogens with zero attached hydrogens (tertiary/aromatic N) is 2. The summed E-state index contributed by atoms with van der Waals surface area (Å²) in [5, 5.41) is 15.1. The molecule has 0 radical (unpaired) electrons. The Morgan fingerprint density at radius 3 is 2.76 bits per heavy atom. The lowest BCUT2D eigenvalue weighted by Crippen LogP contribution is -2.14. The van der Waals surface area contributed by atoms with Crippen molar-refractivity contribution in [3.8, 4) is 23.1 Å². The summed E-state index contributed by atoms with van der Waals surface area (Å²) in [6.45, 7) is 2.83. The number of hydrogen-bond donors (Lipinski definition) is 1. The second kappa shape index (κ2) is 7.25. The van der Waals surface area contributed by atoms with Crippen LogP contribution in [0.25, 0.3) is 11.3 Å². The molecule has 0 aliphatic heterocycles. The van der Waals surface area contributed by atoms with E-state index in [1.807, 2.05) is 30.3 Å². The minimum absolute atomic E-state index is 0.0725. The Morgan fingerprint density at radius 2 is 2.10 bits per heavy atom. The molecule has 2 aromatic rings. The average molecular weight is 283 g/mol. The fourth-order valence-corrected chi connectivity index (χ4v) is 1.87. The Hall–Kier alpha value is -2.61. The standard InChI is InChI=1S/C16H17N3O2/c1-2-3-10-21-14-6-4-12(5-7-14)15-11-13(8-9-17)16(20)19-18-15/h4-7,11H,2-3,8,10H2,1H3,(H,19,20). The molecule has 2 rings (SSSR count). The van der Waals surface area contributed by atoms with Gasteiger partial charge in [0.2, 0.25) is 0 Å². The van der Waals surface area contributed by atoms with Gasteiger partial charge >= 0.3 is 0 Å². The molecule has 0 amide bonds. The van der Waals surface area contributed by atoms with Crippen LogP contribution in [-0.4, -0.2) is 16.8 Å². The van der Waals surface area contributed by atoms with Crippen LogP contribution in [0.15, 0.2) is 35.1 Å². The molecular formula is C16H17N3O2. The van der Waals surface area contributed by atoms with Gasteiger partial charge in [0.1, 0.15) is 5.75 Å². The second-order valence-corrected chi connectivity index (χ2v) is 4.67. The molecule has 0 unspecified atom stereocenters. The molecule has 1 aromatic carbocycles. The summed E-state index contributed by atoms with van der Waals surface area (Å²) in [6, 6.07) is 11.1. The zero-order valence-corrected chi connectivity index (χ0v) is 11.9. The highest BCUT2D eigenvalue weighted by Crippen LogP contribution is 2.20. The maximum Gasteiger partial charge on any atom is 0.268 e. The lowest BCUT2D eigenvalue weighted by Gasteiger charge is -2.06. The molecule has 0 bridgehead atoms. The molecule has 0 atom stereocenters. The third-order valence-electron chi connectivity index (χ3n) is 3.07. The van der Waals surface area contributed by atoms with Gasteiger partial charge in [-0.2, -0.15) is 10.4 Å². The van der Waals surface area contributed by atoms with E-state index < -0.39 is 0 Å². The summed E-state index contributed by atoms with van der Waals surface area (Å²) in [6.07, 6.45) is 2.20. The number of unbranched alkanes of at least 4 members (excludes halogenated alkanes) is 1. The highest BCUT2D eigenvalue weighted by atomic mass is 16.5. The number of ether oxygens (including phenoxy) is 1. The van der Waals surface area contributed by atoms with Gasteiger partial charge in [-0.1, -0.05) is 13.3 Å². The van der Waals surface area contributed by atoms with Crippen molar-refractivity contribution in [2.45, 2.75) is 26.2 Å². The van der Waals surface area contributed by atoms with Crippen LogP contribution in [0, 0.1) is 11.3 Å². The fourth-order valence-electron chi connectivity index (χ4n) is 1.87. The fraction of sp³-hybridized carbons (Fsp3) is 0.312. The van der Waals surface area contributed by atoms with Gasteiger partial charge in [0.25, 0.3) is 5.56 Å². The number of benzene rings is 1. The minimum Gasteiger partial charge on any atom is -0.494 e. The maximum absolute atomic E-state index is 11.5. The van der Waals surface area contributed by atoms with E-state index in [1.54, 1.807) is 6.07 Å².